The van der Waals surface area contributed by atoms with Crippen LogP contribution in [0.15, 0.2) is 18.2 Å². The molecule has 1 aromatic rings. The third-order valence-corrected chi connectivity index (χ3v) is 2.76. The van der Waals surface area contributed by atoms with Crippen molar-refractivity contribution in [2.75, 3.05) is 18.0 Å². The standard InChI is InChI=1S/C15H19FN2O/c1-11(2)10-18(9-5-8-17)15-13(12(3)19)6-4-7-14(15)16/h4,6-7,11H,5,9-10H2,1-3H3. The quantitative estimate of drug-likeness (QED) is 0.738. The number of carbonyl (C=O) groups is 1. The highest BCUT2D eigenvalue weighted by molar-refractivity contribution is 5.99. The molecule has 0 saturated heterocycles. The van der Waals surface area contributed by atoms with Crippen molar-refractivity contribution in [3.8, 4) is 6.07 Å². The minimum Gasteiger partial charge on any atom is -0.367 e. The topological polar surface area (TPSA) is 44.1 Å². The van der Waals surface area contributed by atoms with Gasteiger partial charge in [0.25, 0.3) is 0 Å². The first kappa shape index (κ1) is 15.2. The zero-order valence-corrected chi connectivity index (χ0v) is 11.6. The van der Waals surface area contributed by atoms with E-state index in [1.54, 1.807) is 11.0 Å². The second-order valence-electron chi connectivity index (χ2n) is 4.94. The van der Waals surface area contributed by atoms with Gasteiger partial charge >= 0.3 is 0 Å². The molecule has 0 atom stereocenters. The van der Waals surface area contributed by atoms with E-state index in [-0.39, 0.29) is 5.78 Å². The van der Waals surface area contributed by atoms with E-state index in [4.69, 9.17) is 5.26 Å². The van der Waals surface area contributed by atoms with Crippen molar-refractivity contribution < 1.29 is 9.18 Å². The second-order valence-corrected chi connectivity index (χ2v) is 4.94. The summed E-state index contributed by atoms with van der Waals surface area (Å²) in [5.41, 5.74) is 0.692. The van der Waals surface area contributed by atoms with Gasteiger partial charge in [-0.05, 0) is 25.0 Å². The molecule has 0 unspecified atom stereocenters. The molecule has 0 heterocycles. The zero-order chi connectivity index (χ0) is 14.4. The Bertz CT molecular complexity index is 491. The molecule has 102 valence electrons. The van der Waals surface area contributed by atoms with Gasteiger partial charge in [-0.1, -0.05) is 19.9 Å². The molecule has 0 radical (unpaired) electrons. The number of rotatable bonds is 6. The van der Waals surface area contributed by atoms with Crippen LogP contribution >= 0.6 is 0 Å². The molecular formula is C15H19FN2O. The lowest BCUT2D eigenvalue weighted by Gasteiger charge is -2.27. The maximum Gasteiger partial charge on any atom is 0.161 e. The fourth-order valence-corrected chi connectivity index (χ4v) is 2.04. The van der Waals surface area contributed by atoms with Gasteiger partial charge in [-0.15, -0.1) is 0 Å². The number of hydrogen-bond donors (Lipinski definition) is 0. The van der Waals surface area contributed by atoms with E-state index in [9.17, 15) is 9.18 Å². The molecular weight excluding hydrogens is 243 g/mol. The fourth-order valence-electron chi connectivity index (χ4n) is 2.04. The Hall–Kier alpha value is -1.89. The van der Waals surface area contributed by atoms with E-state index < -0.39 is 5.82 Å². The van der Waals surface area contributed by atoms with E-state index in [0.29, 0.717) is 36.7 Å². The minimum absolute atomic E-state index is 0.166. The van der Waals surface area contributed by atoms with E-state index >= 15 is 0 Å². The molecule has 0 aliphatic carbocycles. The summed E-state index contributed by atoms with van der Waals surface area (Å²) in [5.74, 6) is -0.260. The van der Waals surface area contributed by atoms with Gasteiger partial charge in [-0.2, -0.15) is 5.26 Å². The molecule has 0 N–H and O–H groups in total. The number of benzene rings is 1. The van der Waals surface area contributed by atoms with E-state index in [2.05, 4.69) is 6.07 Å². The van der Waals surface area contributed by atoms with Crippen LogP contribution in [0.2, 0.25) is 0 Å². The van der Waals surface area contributed by atoms with Crippen LogP contribution in [-0.4, -0.2) is 18.9 Å². The lowest BCUT2D eigenvalue weighted by atomic mass is 10.1. The summed E-state index contributed by atoms with van der Waals surface area (Å²) in [5, 5.41) is 8.71. The molecule has 4 heteroatoms. The lowest BCUT2D eigenvalue weighted by molar-refractivity contribution is 0.101. The van der Waals surface area contributed by atoms with Gasteiger partial charge in [-0.3, -0.25) is 4.79 Å². The van der Waals surface area contributed by atoms with Crippen molar-refractivity contribution in [3.05, 3.63) is 29.6 Å². The highest BCUT2D eigenvalue weighted by Gasteiger charge is 2.19. The highest BCUT2D eigenvalue weighted by atomic mass is 19.1. The smallest absolute Gasteiger partial charge is 0.161 e. The van der Waals surface area contributed by atoms with Crippen molar-refractivity contribution in [2.24, 2.45) is 5.92 Å². The Labute approximate surface area is 113 Å². The highest BCUT2D eigenvalue weighted by Crippen LogP contribution is 2.26. The minimum atomic E-state index is -0.411. The molecule has 0 bridgehead atoms. The van der Waals surface area contributed by atoms with Crippen LogP contribution in [0.4, 0.5) is 10.1 Å². The van der Waals surface area contributed by atoms with Crippen LogP contribution in [0, 0.1) is 23.1 Å². The van der Waals surface area contributed by atoms with E-state index in [0.717, 1.165) is 0 Å². The first-order chi connectivity index (χ1) is 8.97. The summed E-state index contributed by atoms with van der Waals surface area (Å²) >= 11 is 0. The number of anilines is 1. The number of ketones is 1. The molecule has 1 rings (SSSR count). The summed E-state index contributed by atoms with van der Waals surface area (Å²) in [7, 11) is 0. The average Bonchev–Trinajstić information content (AvgIpc) is 2.33. The van der Waals surface area contributed by atoms with Gasteiger partial charge in [0.05, 0.1) is 18.2 Å². The normalized spacial score (nSPS) is 10.3. The van der Waals surface area contributed by atoms with Crippen LogP contribution in [-0.2, 0) is 0 Å². The number of halogens is 1. The Morgan fingerprint density at radius 1 is 1.47 bits per heavy atom. The van der Waals surface area contributed by atoms with Crippen LogP contribution in [0.3, 0.4) is 0 Å². The summed E-state index contributed by atoms with van der Waals surface area (Å²) in [6, 6.07) is 6.57. The summed E-state index contributed by atoms with van der Waals surface area (Å²) in [4.78, 5) is 13.4. The van der Waals surface area contributed by atoms with E-state index in [1.165, 1.54) is 19.1 Å². The molecule has 0 amide bonds. The third kappa shape index (κ3) is 4.06. The van der Waals surface area contributed by atoms with E-state index in [1.807, 2.05) is 13.8 Å². The monoisotopic (exact) mass is 262 g/mol. The summed E-state index contributed by atoms with van der Waals surface area (Å²) in [6.45, 7) is 6.51. The SMILES string of the molecule is CC(=O)c1cccc(F)c1N(CCC#N)CC(C)C. The first-order valence-corrected chi connectivity index (χ1v) is 6.38. The van der Waals surface area contributed by atoms with Crippen molar-refractivity contribution in [3.63, 3.8) is 0 Å². The van der Waals surface area contributed by atoms with Gasteiger partial charge < -0.3 is 4.90 Å². The number of carbonyl (C=O) groups excluding carboxylic acids is 1. The number of nitrogens with zero attached hydrogens (tertiary/aromatic N) is 2. The number of Topliss-reactive ketones (excluding diaryl/α,β-unsaturated/α-hetero) is 1. The molecule has 0 saturated carbocycles. The van der Waals surface area contributed by atoms with Crippen molar-refractivity contribution in [1.29, 1.82) is 5.26 Å². The molecule has 0 aliphatic rings. The number of nitriles is 1. The largest absolute Gasteiger partial charge is 0.367 e. The number of hydrogen-bond acceptors (Lipinski definition) is 3. The van der Waals surface area contributed by atoms with Gasteiger partial charge in [0.2, 0.25) is 0 Å². The fraction of sp³-hybridized carbons (Fsp3) is 0.467. The third-order valence-electron chi connectivity index (χ3n) is 2.76. The molecule has 0 aromatic heterocycles. The predicted octanol–water partition coefficient (Wildman–Crippen LogP) is 3.40. The van der Waals surface area contributed by atoms with Gasteiger partial charge in [0, 0.05) is 18.7 Å². The second kappa shape index (κ2) is 6.89. The van der Waals surface area contributed by atoms with Gasteiger partial charge in [0.15, 0.2) is 5.78 Å². The Balaban J connectivity index is 3.20. The first-order valence-electron chi connectivity index (χ1n) is 6.38. The molecule has 1 aromatic carbocycles. The van der Waals surface area contributed by atoms with Crippen LogP contribution in [0.25, 0.3) is 0 Å². The van der Waals surface area contributed by atoms with Crippen molar-refractivity contribution in [1.82, 2.24) is 0 Å². The number of para-hydroxylation sites is 1. The Kier molecular flexibility index (Phi) is 5.50. The summed E-state index contributed by atoms with van der Waals surface area (Å²) < 4.78 is 14.1. The molecule has 0 fully saturated rings. The lowest BCUT2D eigenvalue weighted by Crippen LogP contribution is -2.30. The van der Waals surface area contributed by atoms with Crippen LogP contribution < -0.4 is 4.90 Å². The Morgan fingerprint density at radius 2 is 2.16 bits per heavy atom. The van der Waals surface area contributed by atoms with Gasteiger partial charge in [0.1, 0.15) is 5.82 Å². The molecule has 19 heavy (non-hydrogen) atoms. The Morgan fingerprint density at radius 3 is 2.68 bits per heavy atom. The van der Waals surface area contributed by atoms with Crippen molar-refractivity contribution >= 4 is 11.5 Å². The van der Waals surface area contributed by atoms with Crippen molar-refractivity contribution in [2.45, 2.75) is 27.2 Å². The predicted molar refractivity (Wildman–Crippen MR) is 73.7 cm³/mol. The molecule has 3 nitrogen and oxygen atoms in total. The molecule has 0 spiro atoms. The summed E-state index contributed by atoms with van der Waals surface area (Å²) in [6.07, 6.45) is 0.304. The van der Waals surface area contributed by atoms with Gasteiger partial charge in [-0.25, -0.2) is 4.39 Å². The maximum absolute atomic E-state index is 14.1. The average molecular weight is 262 g/mol. The maximum atomic E-state index is 14.1. The van der Waals surface area contributed by atoms with Crippen LogP contribution in [0.5, 0.6) is 0 Å². The zero-order valence-electron chi connectivity index (χ0n) is 11.6. The molecule has 0 aliphatic heterocycles. The van der Waals surface area contributed by atoms with Crippen LogP contribution in [0.1, 0.15) is 37.6 Å².